The molecular weight excluding hydrogens is 234 g/mol. The largest absolute Gasteiger partial charge is 0.484 e. The standard InChI is InChI=1S/C13H13NO4/c15-14(16)8-3-4-10-9(7-8)11-12(17-11)13(18-10)5-1-2-6-13/h3-4,7,11-12H,1-2,5-6H2/t11-,12-/m1/s1. The molecule has 1 spiro atoms. The molecule has 1 saturated carbocycles. The summed E-state index contributed by atoms with van der Waals surface area (Å²) in [6.07, 6.45) is 4.53. The topological polar surface area (TPSA) is 64.9 Å². The van der Waals surface area contributed by atoms with Gasteiger partial charge in [0.1, 0.15) is 23.6 Å². The number of rotatable bonds is 1. The Labute approximate surface area is 104 Å². The van der Waals surface area contributed by atoms with Crippen molar-refractivity contribution in [2.45, 2.75) is 43.5 Å². The van der Waals surface area contributed by atoms with E-state index < -0.39 is 0 Å². The molecule has 5 heteroatoms. The molecule has 2 aliphatic heterocycles. The van der Waals surface area contributed by atoms with Gasteiger partial charge in [-0.05, 0) is 31.7 Å². The Morgan fingerprint density at radius 3 is 2.83 bits per heavy atom. The van der Waals surface area contributed by atoms with Crippen LogP contribution in [0.15, 0.2) is 18.2 Å². The number of fused-ring (bicyclic) bond motifs is 4. The summed E-state index contributed by atoms with van der Waals surface area (Å²) in [5, 5.41) is 10.8. The molecule has 1 saturated heterocycles. The molecule has 2 heterocycles. The summed E-state index contributed by atoms with van der Waals surface area (Å²) < 4.78 is 11.9. The maximum atomic E-state index is 10.8. The Hall–Kier alpha value is -1.62. The van der Waals surface area contributed by atoms with Crippen LogP contribution in [0, 0.1) is 10.1 Å². The van der Waals surface area contributed by atoms with Gasteiger partial charge in [0.15, 0.2) is 0 Å². The molecule has 0 amide bonds. The molecule has 94 valence electrons. The molecule has 0 unspecified atom stereocenters. The van der Waals surface area contributed by atoms with Crippen LogP contribution >= 0.6 is 0 Å². The summed E-state index contributed by atoms with van der Waals surface area (Å²) in [4.78, 5) is 10.4. The third-order valence-corrected chi connectivity index (χ3v) is 4.28. The number of non-ortho nitro benzene ring substituents is 1. The molecular formula is C13H13NO4. The minimum atomic E-state index is -0.377. The second-order valence-corrected chi connectivity index (χ2v) is 5.33. The van der Waals surface area contributed by atoms with Crippen LogP contribution in [0.1, 0.15) is 37.4 Å². The first-order chi connectivity index (χ1) is 8.70. The SMILES string of the molecule is O=[N+]([O-])c1ccc2c(c1)[C@H]1O[C@H]1C1(CCCC1)O2. The molecule has 0 radical (unpaired) electrons. The second kappa shape index (κ2) is 3.23. The van der Waals surface area contributed by atoms with Gasteiger partial charge in [-0.2, -0.15) is 0 Å². The summed E-state index contributed by atoms with van der Waals surface area (Å²) in [6.45, 7) is 0. The van der Waals surface area contributed by atoms with Crippen LogP contribution in [0.5, 0.6) is 5.75 Å². The quantitative estimate of drug-likeness (QED) is 0.435. The maximum absolute atomic E-state index is 10.8. The van der Waals surface area contributed by atoms with E-state index >= 15 is 0 Å². The summed E-state index contributed by atoms with van der Waals surface area (Å²) in [5.41, 5.74) is 0.786. The van der Waals surface area contributed by atoms with E-state index in [1.54, 1.807) is 12.1 Å². The van der Waals surface area contributed by atoms with Crippen molar-refractivity contribution in [3.8, 4) is 5.75 Å². The smallest absolute Gasteiger partial charge is 0.270 e. The van der Waals surface area contributed by atoms with Gasteiger partial charge in [0, 0.05) is 17.7 Å². The van der Waals surface area contributed by atoms with Crippen molar-refractivity contribution in [1.29, 1.82) is 0 Å². The van der Waals surface area contributed by atoms with Crippen molar-refractivity contribution in [1.82, 2.24) is 0 Å². The van der Waals surface area contributed by atoms with Crippen LogP contribution < -0.4 is 4.74 Å². The van der Waals surface area contributed by atoms with Crippen LogP contribution in [-0.2, 0) is 4.74 Å². The molecule has 1 aromatic rings. The van der Waals surface area contributed by atoms with E-state index in [2.05, 4.69) is 0 Å². The Morgan fingerprint density at radius 1 is 1.33 bits per heavy atom. The van der Waals surface area contributed by atoms with Crippen LogP contribution in [-0.4, -0.2) is 16.6 Å². The van der Waals surface area contributed by atoms with Gasteiger partial charge in [-0.3, -0.25) is 10.1 Å². The van der Waals surface area contributed by atoms with Gasteiger partial charge in [0.05, 0.1) is 4.92 Å². The number of epoxide rings is 1. The van der Waals surface area contributed by atoms with Crippen LogP contribution in [0.25, 0.3) is 0 Å². The Bertz CT molecular complexity index is 536. The molecule has 0 aromatic heterocycles. The molecule has 18 heavy (non-hydrogen) atoms. The molecule has 2 fully saturated rings. The maximum Gasteiger partial charge on any atom is 0.270 e. The van der Waals surface area contributed by atoms with Crippen LogP contribution in [0.2, 0.25) is 0 Å². The predicted octanol–water partition coefficient (Wildman–Crippen LogP) is 2.74. The fraction of sp³-hybridized carbons (Fsp3) is 0.538. The lowest BCUT2D eigenvalue weighted by molar-refractivity contribution is -0.385. The molecule has 1 aliphatic carbocycles. The predicted molar refractivity (Wildman–Crippen MR) is 62.5 cm³/mol. The fourth-order valence-electron chi connectivity index (χ4n) is 3.35. The first-order valence-electron chi connectivity index (χ1n) is 6.32. The molecule has 0 N–H and O–H groups in total. The molecule has 1 aromatic carbocycles. The van der Waals surface area contributed by atoms with E-state index in [-0.39, 0.29) is 28.4 Å². The molecule has 0 bridgehead atoms. The third kappa shape index (κ3) is 1.25. The van der Waals surface area contributed by atoms with Gasteiger partial charge in [0.25, 0.3) is 5.69 Å². The zero-order chi connectivity index (χ0) is 12.3. The van der Waals surface area contributed by atoms with Gasteiger partial charge in [-0.15, -0.1) is 0 Å². The molecule has 4 rings (SSSR count). The van der Waals surface area contributed by atoms with E-state index in [4.69, 9.17) is 9.47 Å². The minimum absolute atomic E-state index is 0.00625. The van der Waals surface area contributed by atoms with Gasteiger partial charge in [-0.1, -0.05) is 0 Å². The lowest BCUT2D eigenvalue weighted by Crippen LogP contribution is -2.41. The lowest BCUT2D eigenvalue weighted by atomic mass is 9.89. The van der Waals surface area contributed by atoms with Crippen molar-refractivity contribution < 1.29 is 14.4 Å². The number of nitrogens with zero attached hydrogens (tertiary/aromatic N) is 1. The molecule has 5 nitrogen and oxygen atoms in total. The summed E-state index contributed by atoms with van der Waals surface area (Å²) >= 11 is 0. The van der Waals surface area contributed by atoms with Gasteiger partial charge in [-0.25, -0.2) is 0 Å². The highest BCUT2D eigenvalue weighted by Gasteiger charge is 2.62. The number of benzene rings is 1. The van der Waals surface area contributed by atoms with Crippen LogP contribution in [0.3, 0.4) is 0 Å². The van der Waals surface area contributed by atoms with E-state index in [1.807, 2.05) is 0 Å². The highest BCUT2D eigenvalue weighted by Crippen LogP contribution is 2.58. The van der Waals surface area contributed by atoms with Crippen molar-refractivity contribution in [3.63, 3.8) is 0 Å². The Morgan fingerprint density at radius 2 is 2.11 bits per heavy atom. The first-order valence-corrected chi connectivity index (χ1v) is 6.32. The average molecular weight is 247 g/mol. The number of hydrogen-bond acceptors (Lipinski definition) is 4. The average Bonchev–Trinajstić information content (AvgIpc) is 3.05. The van der Waals surface area contributed by atoms with Gasteiger partial charge < -0.3 is 9.47 Å². The summed E-state index contributed by atoms with van der Waals surface area (Å²) in [7, 11) is 0. The highest BCUT2D eigenvalue weighted by atomic mass is 16.6. The van der Waals surface area contributed by atoms with Gasteiger partial charge in [0.2, 0.25) is 0 Å². The van der Waals surface area contributed by atoms with Crippen molar-refractivity contribution in [2.24, 2.45) is 0 Å². The normalized spacial score (nSPS) is 30.4. The van der Waals surface area contributed by atoms with Crippen molar-refractivity contribution >= 4 is 5.69 Å². The third-order valence-electron chi connectivity index (χ3n) is 4.28. The Balaban J connectivity index is 1.76. The first kappa shape index (κ1) is 10.3. The van der Waals surface area contributed by atoms with Crippen LogP contribution in [0.4, 0.5) is 5.69 Å². The second-order valence-electron chi connectivity index (χ2n) is 5.33. The van der Waals surface area contributed by atoms with Gasteiger partial charge >= 0.3 is 0 Å². The zero-order valence-electron chi connectivity index (χ0n) is 9.80. The Kier molecular flexibility index (Phi) is 1.85. The van der Waals surface area contributed by atoms with E-state index in [0.717, 1.165) is 24.2 Å². The number of nitro benzene ring substituents is 1. The number of hydrogen-bond donors (Lipinski definition) is 0. The highest BCUT2D eigenvalue weighted by molar-refractivity contribution is 5.49. The zero-order valence-corrected chi connectivity index (χ0v) is 9.80. The van der Waals surface area contributed by atoms with Crippen molar-refractivity contribution in [3.05, 3.63) is 33.9 Å². The van der Waals surface area contributed by atoms with Crippen molar-refractivity contribution in [2.75, 3.05) is 0 Å². The monoisotopic (exact) mass is 247 g/mol. The number of ether oxygens (including phenoxy) is 2. The van der Waals surface area contributed by atoms with E-state index in [0.29, 0.717) is 0 Å². The fourth-order valence-corrected chi connectivity index (χ4v) is 3.35. The summed E-state index contributed by atoms with van der Waals surface area (Å²) in [5.74, 6) is 0.765. The molecule has 2 atom stereocenters. The minimum Gasteiger partial charge on any atom is -0.484 e. The summed E-state index contributed by atoms with van der Waals surface area (Å²) in [6, 6.07) is 4.80. The number of nitro groups is 1. The lowest BCUT2D eigenvalue weighted by Gasteiger charge is -2.32. The van der Waals surface area contributed by atoms with E-state index in [9.17, 15) is 10.1 Å². The molecule has 3 aliphatic rings. The van der Waals surface area contributed by atoms with E-state index in [1.165, 1.54) is 18.9 Å².